The number of anilines is 1. The van der Waals surface area contributed by atoms with Crippen molar-refractivity contribution in [2.45, 2.75) is 25.3 Å². The van der Waals surface area contributed by atoms with Gasteiger partial charge in [0.2, 0.25) is 0 Å². The predicted molar refractivity (Wildman–Crippen MR) is 77.6 cm³/mol. The van der Waals surface area contributed by atoms with E-state index in [0.717, 1.165) is 25.3 Å². The Morgan fingerprint density at radius 3 is 2.89 bits per heavy atom. The van der Waals surface area contributed by atoms with Crippen molar-refractivity contribution in [1.29, 1.82) is 5.26 Å². The van der Waals surface area contributed by atoms with Crippen LogP contribution in [0.15, 0.2) is 18.2 Å². The molecule has 0 aliphatic carbocycles. The van der Waals surface area contributed by atoms with Crippen LogP contribution in [0.2, 0.25) is 5.02 Å². The number of hydrogen-bond donors (Lipinski definition) is 0. The molecule has 1 atom stereocenters. The van der Waals surface area contributed by atoms with Crippen molar-refractivity contribution in [2.75, 3.05) is 31.1 Å². The number of hydrogen-bond acceptors (Lipinski definition) is 3. The van der Waals surface area contributed by atoms with Crippen LogP contribution in [0.3, 0.4) is 0 Å². The summed E-state index contributed by atoms with van der Waals surface area (Å²) in [5.74, 6) is 0. The molecule has 0 saturated carbocycles. The van der Waals surface area contributed by atoms with E-state index >= 15 is 0 Å². The highest BCUT2D eigenvalue weighted by molar-refractivity contribution is 6.33. The first-order valence-corrected chi connectivity index (χ1v) is 7.34. The maximum Gasteiger partial charge on any atom is 0.0992 e. The number of benzene rings is 1. The molecule has 19 heavy (non-hydrogen) atoms. The lowest BCUT2D eigenvalue weighted by atomic mass is 9.99. The second-order valence-corrected chi connectivity index (χ2v) is 5.82. The van der Waals surface area contributed by atoms with Crippen LogP contribution in [-0.2, 0) is 0 Å². The molecule has 1 aromatic rings. The molecule has 0 radical (unpaired) electrons. The minimum Gasteiger partial charge on any atom is -0.367 e. The van der Waals surface area contributed by atoms with Crippen molar-refractivity contribution >= 4 is 17.3 Å². The van der Waals surface area contributed by atoms with Crippen LogP contribution in [0, 0.1) is 11.3 Å². The highest BCUT2D eigenvalue weighted by Gasteiger charge is 2.29. The third-order valence-corrected chi connectivity index (χ3v) is 4.56. The van der Waals surface area contributed by atoms with E-state index in [0.29, 0.717) is 16.6 Å². The number of rotatable bonds is 1. The molecule has 2 heterocycles. The zero-order valence-electron chi connectivity index (χ0n) is 11.0. The van der Waals surface area contributed by atoms with E-state index in [1.165, 1.54) is 25.8 Å². The molecule has 0 amide bonds. The van der Waals surface area contributed by atoms with Gasteiger partial charge in [0.1, 0.15) is 0 Å². The first-order valence-electron chi connectivity index (χ1n) is 6.96. The highest BCUT2D eigenvalue weighted by Crippen LogP contribution is 2.30. The van der Waals surface area contributed by atoms with Gasteiger partial charge < -0.3 is 4.90 Å². The minimum absolute atomic E-state index is 0.630. The molecule has 0 spiro atoms. The Kier molecular flexibility index (Phi) is 3.63. The summed E-state index contributed by atoms with van der Waals surface area (Å²) in [6.07, 6.45) is 3.98. The Morgan fingerprint density at radius 1 is 1.21 bits per heavy atom. The Bertz CT molecular complexity index is 509. The fourth-order valence-corrected chi connectivity index (χ4v) is 3.51. The van der Waals surface area contributed by atoms with Crippen LogP contribution >= 0.6 is 11.6 Å². The van der Waals surface area contributed by atoms with Crippen molar-refractivity contribution in [1.82, 2.24) is 4.90 Å². The molecule has 2 aliphatic rings. The molecule has 3 nitrogen and oxygen atoms in total. The zero-order valence-corrected chi connectivity index (χ0v) is 11.7. The third kappa shape index (κ3) is 2.56. The zero-order chi connectivity index (χ0) is 13.2. The quantitative estimate of drug-likeness (QED) is 0.789. The van der Waals surface area contributed by atoms with Crippen LogP contribution in [0.5, 0.6) is 0 Å². The minimum atomic E-state index is 0.630. The Hall–Kier alpha value is -1.24. The number of nitrogens with zero attached hydrogens (tertiary/aromatic N) is 3. The van der Waals surface area contributed by atoms with Crippen LogP contribution < -0.4 is 4.90 Å². The van der Waals surface area contributed by atoms with Gasteiger partial charge >= 0.3 is 0 Å². The number of fused-ring (bicyclic) bond motifs is 1. The lowest BCUT2D eigenvalue weighted by Crippen LogP contribution is -2.54. The summed E-state index contributed by atoms with van der Waals surface area (Å²) in [6.45, 7) is 4.47. The molecule has 0 aromatic heterocycles. The third-order valence-electron chi connectivity index (χ3n) is 4.25. The number of halogens is 1. The average Bonchev–Trinajstić information content (AvgIpc) is 2.46. The molecule has 2 aliphatic heterocycles. The molecular weight excluding hydrogens is 258 g/mol. The van der Waals surface area contributed by atoms with Crippen LogP contribution in [0.4, 0.5) is 5.69 Å². The van der Waals surface area contributed by atoms with E-state index in [1.807, 2.05) is 12.1 Å². The summed E-state index contributed by atoms with van der Waals surface area (Å²) in [4.78, 5) is 4.98. The number of piperazine rings is 1. The van der Waals surface area contributed by atoms with E-state index in [1.54, 1.807) is 6.07 Å². The standard InChI is InChI=1S/C15H18ClN3/c16-14-9-12(10-17)4-5-15(14)19-8-7-18-6-2-1-3-13(18)11-19/h4-5,9,13H,1-3,6-8,11H2. The van der Waals surface area contributed by atoms with E-state index in [9.17, 15) is 0 Å². The van der Waals surface area contributed by atoms with Crippen molar-refractivity contribution in [3.63, 3.8) is 0 Å². The van der Waals surface area contributed by atoms with Crippen molar-refractivity contribution in [2.24, 2.45) is 0 Å². The van der Waals surface area contributed by atoms with Gasteiger partial charge in [0.25, 0.3) is 0 Å². The molecule has 2 saturated heterocycles. The van der Waals surface area contributed by atoms with Gasteiger partial charge in [-0.1, -0.05) is 18.0 Å². The van der Waals surface area contributed by atoms with Gasteiger partial charge in [-0.2, -0.15) is 5.26 Å². The van der Waals surface area contributed by atoms with Crippen molar-refractivity contribution in [3.8, 4) is 6.07 Å². The first-order chi connectivity index (χ1) is 9.28. The fourth-order valence-electron chi connectivity index (χ4n) is 3.21. The lowest BCUT2D eigenvalue weighted by Gasteiger charge is -2.45. The molecular formula is C15H18ClN3. The first kappa shape index (κ1) is 12.8. The van der Waals surface area contributed by atoms with Gasteiger partial charge in [-0.25, -0.2) is 0 Å². The molecule has 0 N–H and O–H groups in total. The molecule has 2 fully saturated rings. The molecule has 3 rings (SSSR count). The van der Waals surface area contributed by atoms with Crippen molar-refractivity contribution < 1.29 is 0 Å². The van der Waals surface area contributed by atoms with E-state index in [-0.39, 0.29) is 0 Å². The van der Waals surface area contributed by atoms with Gasteiger partial charge in [-0.15, -0.1) is 0 Å². The second kappa shape index (κ2) is 5.40. The van der Waals surface area contributed by atoms with Crippen molar-refractivity contribution in [3.05, 3.63) is 28.8 Å². The predicted octanol–water partition coefficient (Wildman–Crippen LogP) is 2.89. The van der Waals surface area contributed by atoms with E-state index < -0.39 is 0 Å². The number of piperidine rings is 1. The van der Waals surface area contributed by atoms with E-state index in [2.05, 4.69) is 15.9 Å². The SMILES string of the molecule is N#Cc1ccc(N2CCN3CCCCC3C2)c(Cl)c1. The molecule has 0 bridgehead atoms. The molecule has 1 unspecified atom stereocenters. The highest BCUT2D eigenvalue weighted by atomic mass is 35.5. The summed E-state index contributed by atoms with van der Waals surface area (Å²) < 4.78 is 0. The Labute approximate surface area is 119 Å². The summed E-state index contributed by atoms with van der Waals surface area (Å²) in [5.41, 5.74) is 1.70. The largest absolute Gasteiger partial charge is 0.367 e. The topological polar surface area (TPSA) is 30.3 Å². The van der Waals surface area contributed by atoms with Crippen LogP contribution in [0.25, 0.3) is 0 Å². The maximum absolute atomic E-state index is 8.89. The Morgan fingerprint density at radius 2 is 2.11 bits per heavy atom. The summed E-state index contributed by atoms with van der Waals surface area (Å²) in [5, 5.41) is 9.59. The van der Waals surface area contributed by atoms with Gasteiger partial charge in [0, 0.05) is 25.7 Å². The maximum atomic E-state index is 8.89. The fraction of sp³-hybridized carbons (Fsp3) is 0.533. The van der Waals surface area contributed by atoms with Crippen LogP contribution in [0.1, 0.15) is 24.8 Å². The Balaban J connectivity index is 1.78. The number of nitriles is 1. The molecule has 1 aromatic carbocycles. The van der Waals surface area contributed by atoms with Gasteiger partial charge in [-0.05, 0) is 37.6 Å². The monoisotopic (exact) mass is 275 g/mol. The molecule has 4 heteroatoms. The van der Waals surface area contributed by atoms with Gasteiger partial charge in [0.05, 0.1) is 22.3 Å². The van der Waals surface area contributed by atoms with Gasteiger partial charge in [-0.3, -0.25) is 4.90 Å². The summed E-state index contributed by atoms with van der Waals surface area (Å²) in [6, 6.07) is 8.42. The van der Waals surface area contributed by atoms with Gasteiger partial charge in [0.15, 0.2) is 0 Å². The van der Waals surface area contributed by atoms with Crippen LogP contribution in [-0.4, -0.2) is 37.1 Å². The lowest BCUT2D eigenvalue weighted by molar-refractivity contribution is 0.133. The second-order valence-electron chi connectivity index (χ2n) is 5.41. The normalized spacial score (nSPS) is 23.8. The summed E-state index contributed by atoms with van der Waals surface area (Å²) >= 11 is 6.31. The smallest absolute Gasteiger partial charge is 0.0992 e. The van der Waals surface area contributed by atoms with E-state index in [4.69, 9.17) is 16.9 Å². The average molecular weight is 276 g/mol. The molecule has 100 valence electrons. The summed E-state index contributed by atoms with van der Waals surface area (Å²) in [7, 11) is 0.